The van der Waals surface area contributed by atoms with Gasteiger partial charge in [0.15, 0.2) is 0 Å². The highest BCUT2D eigenvalue weighted by Crippen LogP contribution is 2.11. The zero-order valence-electron chi connectivity index (χ0n) is 10.5. The molecule has 0 radical (unpaired) electrons. The minimum absolute atomic E-state index is 0.0484. The van der Waals surface area contributed by atoms with Crippen LogP contribution < -0.4 is 5.32 Å². The predicted octanol–water partition coefficient (Wildman–Crippen LogP) is 1.51. The van der Waals surface area contributed by atoms with Crippen LogP contribution in [0.3, 0.4) is 0 Å². The van der Waals surface area contributed by atoms with Crippen LogP contribution in [0.4, 0.5) is 4.79 Å². The van der Waals surface area contributed by atoms with Crippen molar-refractivity contribution in [3.8, 4) is 6.07 Å². The van der Waals surface area contributed by atoms with Crippen molar-refractivity contribution in [3.63, 3.8) is 0 Å². The number of carboxylic acid groups (broad SMARTS) is 1. The molecule has 0 saturated heterocycles. The van der Waals surface area contributed by atoms with Crippen molar-refractivity contribution in [1.82, 2.24) is 5.32 Å². The Balaban J connectivity index is 4.52. The molecule has 1 amide bonds. The number of rotatable bonds is 4. The van der Waals surface area contributed by atoms with Gasteiger partial charge in [-0.15, -0.1) is 0 Å². The van der Waals surface area contributed by atoms with E-state index in [4.69, 9.17) is 15.1 Å². The molecule has 0 fully saturated rings. The predicted molar refractivity (Wildman–Crippen MR) is 60.2 cm³/mol. The summed E-state index contributed by atoms with van der Waals surface area (Å²) in [6.07, 6.45) is -0.748. The first-order valence-corrected chi connectivity index (χ1v) is 5.26. The number of aliphatic carboxylic acids is 1. The molecule has 0 spiro atoms. The quantitative estimate of drug-likeness (QED) is 0.778. The van der Waals surface area contributed by atoms with E-state index >= 15 is 0 Å². The number of nitrogens with zero attached hydrogens (tertiary/aromatic N) is 1. The number of amides is 1. The number of alkyl carbamates (subject to hydrolysis) is 1. The number of nitrogens with one attached hydrogen (secondary N) is 1. The third kappa shape index (κ3) is 6.40. The number of carbonyl (C=O) groups is 2. The van der Waals surface area contributed by atoms with Crippen molar-refractivity contribution in [2.45, 2.75) is 45.8 Å². The molecule has 0 aromatic carbocycles. The molecule has 2 unspecified atom stereocenters. The van der Waals surface area contributed by atoms with Gasteiger partial charge < -0.3 is 15.2 Å². The summed E-state index contributed by atoms with van der Waals surface area (Å²) in [6, 6.07) is 0.748. The molecule has 0 saturated carbocycles. The maximum Gasteiger partial charge on any atom is 0.408 e. The van der Waals surface area contributed by atoms with E-state index in [1.165, 1.54) is 0 Å². The normalized spacial score (nSPS) is 14.3. The van der Waals surface area contributed by atoms with E-state index in [1.807, 2.05) is 6.07 Å². The molecule has 96 valence electrons. The van der Waals surface area contributed by atoms with Crippen LogP contribution in [-0.2, 0) is 9.53 Å². The monoisotopic (exact) mass is 242 g/mol. The van der Waals surface area contributed by atoms with Gasteiger partial charge >= 0.3 is 12.1 Å². The van der Waals surface area contributed by atoms with Crippen molar-refractivity contribution in [1.29, 1.82) is 5.26 Å². The van der Waals surface area contributed by atoms with Gasteiger partial charge in [-0.1, -0.05) is 6.92 Å². The van der Waals surface area contributed by atoms with Crippen molar-refractivity contribution < 1.29 is 19.4 Å². The Morgan fingerprint density at radius 3 is 2.35 bits per heavy atom. The summed E-state index contributed by atoms with van der Waals surface area (Å²) in [5.74, 6) is -1.66. The van der Waals surface area contributed by atoms with Crippen LogP contribution in [-0.4, -0.2) is 28.8 Å². The number of carbonyl (C=O) groups excluding carboxylic acids is 1. The second-order valence-corrected chi connectivity index (χ2v) is 4.80. The molecule has 0 aromatic rings. The highest BCUT2D eigenvalue weighted by Gasteiger charge is 2.28. The summed E-state index contributed by atoms with van der Waals surface area (Å²) in [4.78, 5) is 22.3. The summed E-state index contributed by atoms with van der Waals surface area (Å²) in [5.41, 5.74) is -0.689. The van der Waals surface area contributed by atoms with E-state index < -0.39 is 29.6 Å². The summed E-state index contributed by atoms with van der Waals surface area (Å²) < 4.78 is 4.95. The molecule has 0 rings (SSSR count). The molecule has 2 N–H and O–H groups in total. The number of ether oxygens (including phenoxy) is 1. The van der Waals surface area contributed by atoms with Crippen LogP contribution in [0.5, 0.6) is 0 Å². The lowest BCUT2D eigenvalue weighted by Gasteiger charge is -2.23. The van der Waals surface area contributed by atoms with E-state index in [1.54, 1.807) is 27.7 Å². The maximum absolute atomic E-state index is 11.4. The lowest BCUT2D eigenvalue weighted by atomic mass is 9.99. The fourth-order valence-electron chi connectivity index (χ4n) is 1.14. The van der Waals surface area contributed by atoms with E-state index in [0.717, 1.165) is 0 Å². The van der Waals surface area contributed by atoms with E-state index in [9.17, 15) is 9.59 Å². The van der Waals surface area contributed by atoms with Gasteiger partial charge in [0.2, 0.25) is 0 Å². The van der Waals surface area contributed by atoms with Gasteiger partial charge in [-0.3, -0.25) is 0 Å². The third-order valence-corrected chi connectivity index (χ3v) is 1.92. The summed E-state index contributed by atoms with van der Waals surface area (Å²) >= 11 is 0. The molecule has 0 aliphatic carbocycles. The lowest BCUT2D eigenvalue weighted by molar-refractivity contribution is -0.140. The van der Waals surface area contributed by atoms with Crippen molar-refractivity contribution in [2.24, 2.45) is 5.92 Å². The van der Waals surface area contributed by atoms with Crippen LogP contribution in [0, 0.1) is 17.2 Å². The molecular formula is C11H18N2O4. The van der Waals surface area contributed by atoms with Crippen LogP contribution in [0.15, 0.2) is 0 Å². The molecule has 0 aliphatic heterocycles. The van der Waals surface area contributed by atoms with Gasteiger partial charge in [0.25, 0.3) is 0 Å². The topological polar surface area (TPSA) is 99.4 Å². The molecule has 0 aromatic heterocycles. The van der Waals surface area contributed by atoms with Crippen molar-refractivity contribution >= 4 is 12.1 Å². The molecule has 0 aliphatic rings. The van der Waals surface area contributed by atoms with Crippen LogP contribution in [0.2, 0.25) is 0 Å². The number of hydrogen-bond acceptors (Lipinski definition) is 4. The Hall–Kier alpha value is -1.77. The highest BCUT2D eigenvalue weighted by molar-refractivity contribution is 5.80. The second kappa shape index (κ2) is 6.09. The third-order valence-electron chi connectivity index (χ3n) is 1.92. The van der Waals surface area contributed by atoms with Crippen molar-refractivity contribution in [2.75, 3.05) is 0 Å². The standard InChI is InChI=1S/C11H18N2O4/c1-7(5-6-12)8(9(14)15)13-10(16)17-11(2,3)4/h7-8H,5H2,1-4H3,(H,13,16)(H,14,15). The van der Waals surface area contributed by atoms with Crippen LogP contribution in [0.25, 0.3) is 0 Å². The first-order valence-electron chi connectivity index (χ1n) is 5.26. The molecule has 6 nitrogen and oxygen atoms in total. The van der Waals surface area contributed by atoms with E-state index in [2.05, 4.69) is 5.32 Å². The molecular weight excluding hydrogens is 224 g/mol. The van der Waals surface area contributed by atoms with Gasteiger partial charge in [-0.25, -0.2) is 9.59 Å². The largest absolute Gasteiger partial charge is 0.480 e. The Morgan fingerprint density at radius 1 is 1.47 bits per heavy atom. The SMILES string of the molecule is CC(CC#N)C(NC(=O)OC(C)(C)C)C(=O)O. The molecule has 0 heterocycles. The van der Waals surface area contributed by atoms with Crippen LogP contribution in [0.1, 0.15) is 34.1 Å². The zero-order chi connectivity index (χ0) is 13.6. The molecule has 17 heavy (non-hydrogen) atoms. The summed E-state index contributed by atoms with van der Waals surface area (Å²) in [5, 5.41) is 19.7. The second-order valence-electron chi connectivity index (χ2n) is 4.80. The smallest absolute Gasteiger partial charge is 0.408 e. The number of carboxylic acids is 1. The Kier molecular flexibility index (Phi) is 5.45. The first kappa shape index (κ1) is 15.2. The molecule has 0 bridgehead atoms. The van der Waals surface area contributed by atoms with Crippen LogP contribution >= 0.6 is 0 Å². The fraction of sp³-hybridized carbons (Fsp3) is 0.727. The minimum Gasteiger partial charge on any atom is -0.480 e. The minimum atomic E-state index is -1.18. The molecule has 6 heteroatoms. The van der Waals surface area contributed by atoms with E-state index in [-0.39, 0.29) is 6.42 Å². The van der Waals surface area contributed by atoms with Gasteiger partial charge in [0.05, 0.1) is 6.07 Å². The van der Waals surface area contributed by atoms with Crippen molar-refractivity contribution in [3.05, 3.63) is 0 Å². The van der Waals surface area contributed by atoms with Gasteiger partial charge in [0, 0.05) is 12.3 Å². The first-order chi connectivity index (χ1) is 7.67. The fourth-order valence-corrected chi connectivity index (χ4v) is 1.14. The Labute approximate surface area is 101 Å². The Bertz CT molecular complexity index is 327. The van der Waals surface area contributed by atoms with Gasteiger partial charge in [-0.2, -0.15) is 5.26 Å². The summed E-state index contributed by atoms with van der Waals surface area (Å²) in [6.45, 7) is 6.63. The van der Waals surface area contributed by atoms with Gasteiger partial charge in [0.1, 0.15) is 11.6 Å². The van der Waals surface area contributed by atoms with Gasteiger partial charge in [-0.05, 0) is 20.8 Å². The summed E-state index contributed by atoms with van der Waals surface area (Å²) in [7, 11) is 0. The average Bonchev–Trinajstić information content (AvgIpc) is 2.11. The highest BCUT2D eigenvalue weighted by atomic mass is 16.6. The number of hydrogen-bond donors (Lipinski definition) is 2. The average molecular weight is 242 g/mol. The van der Waals surface area contributed by atoms with E-state index in [0.29, 0.717) is 0 Å². The zero-order valence-corrected chi connectivity index (χ0v) is 10.5. The number of nitriles is 1. The molecule has 2 atom stereocenters. The Morgan fingerprint density at radius 2 is 2.00 bits per heavy atom. The maximum atomic E-state index is 11.4. The lowest BCUT2D eigenvalue weighted by Crippen LogP contribution is -2.46.